The van der Waals surface area contributed by atoms with Crippen molar-refractivity contribution in [2.45, 2.75) is 19.9 Å². The van der Waals surface area contributed by atoms with Crippen LogP contribution >= 0.6 is 0 Å². The third-order valence-electron chi connectivity index (χ3n) is 4.02. The van der Waals surface area contributed by atoms with Crippen molar-refractivity contribution >= 4 is 17.0 Å². The summed E-state index contributed by atoms with van der Waals surface area (Å²) in [6.45, 7) is 3.94. The Balaban J connectivity index is 1.55. The van der Waals surface area contributed by atoms with Gasteiger partial charge in [0.2, 0.25) is 6.79 Å². The fourth-order valence-electron chi connectivity index (χ4n) is 2.61. The molecule has 3 aromatic rings. The summed E-state index contributed by atoms with van der Waals surface area (Å²) in [5.41, 5.74) is 2.52. The molecule has 7 nitrogen and oxygen atoms in total. The third kappa shape index (κ3) is 2.44. The van der Waals surface area contributed by atoms with Crippen molar-refractivity contribution in [1.29, 1.82) is 0 Å². The smallest absolute Gasteiger partial charge is 0.257 e. The molecular formula is C17H15N3O4. The molecule has 1 aromatic carbocycles. The average molecular weight is 325 g/mol. The average Bonchev–Trinajstić information content (AvgIpc) is 3.20. The molecule has 0 bridgehead atoms. The number of aromatic nitrogens is 2. The summed E-state index contributed by atoms with van der Waals surface area (Å²) in [5, 5.41) is 7.53. The van der Waals surface area contributed by atoms with Gasteiger partial charge in [0.1, 0.15) is 0 Å². The number of carbonyl (C=O) groups excluding carboxylic acids is 1. The lowest BCUT2D eigenvalue weighted by Gasteiger charge is -2.14. The molecule has 0 saturated heterocycles. The van der Waals surface area contributed by atoms with Crippen LogP contribution in [0.3, 0.4) is 0 Å². The van der Waals surface area contributed by atoms with Gasteiger partial charge in [0.15, 0.2) is 11.5 Å². The molecule has 0 aliphatic carbocycles. The number of ether oxygens (including phenoxy) is 2. The highest BCUT2D eigenvalue weighted by atomic mass is 16.7. The zero-order chi connectivity index (χ0) is 16.7. The summed E-state index contributed by atoms with van der Waals surface area (Å²) in [6.07, 6.45) is 1.48. The lowest BCUT2D eigenvalue weighted by molar-refractivity contribution is 0.0939. The molecule has 122 valence electrons. The van der Waals surface area contributed by atoms with E-state index in [0.29, 0.717) is 22.7 Å². The maximum Gasteiger partial charge on any atom is 0.257 e. The number of amides is 1. The molecule has 1 amide bonds. The van der Waals surface area contributed by atoms with Gasteiger partial charge in [-0.1, -0.05) is 11.2 Å². The minimum atomic E-state index is -0.213. The predicted octanol–water partition coefficient (Wildman–Crippen LogP) is 2.75. The minimum absolute atomic E-state index is 0.189. The van der Waals surface area contributed by atoms with Crippen LogP contribution in [0, 0.1) is 6.92 Å². The minimum Gasteiger partial charge on any atom is -0.454 e. The van der Waals surface area contributed by atoms with Crippen LogP contribution in [-0.2, 0) is 0 Å². The largest absolute Gasteiger partial charge is 0.454 e. The first kappa shape index (κ1) is 14.5. The van der Waals surface area contributed by atoms with Gasteiger partial charge < -0.3 is 19.3 Å². The van der Waals surface area contributed by atoms with Crippen LogP contribution in [0.1, 0.15) is 34.6 Å². The van der Waals surface area contributed by atoms with Gasteiger partial charge in [-0.25, -0.2) is 4.98 Å². The van der Waals surface area contributed by atoms with Crippen molar-refractivity contribution in [3.05, 3.63) is 47.3 Å². The molecule has 1 aliphatic heterocycles. The van der Waals surface area contributed by atoms with Crippen LogP contribution in [-0.4, -0.2) is 22.8 Å². The molecule has 3 heterocycles. The fraction of sp³-hybridized carbons (Fsp3) is 0.235. The Morgan fingerprint density at radius 3 is 2.96 bits per heavy atom. The molecule has 0 spiro atoms. The highest BCUT2D eigenvalue weighted by Gasteiger charge is 2.18. The summed E-state index contributed by atoms with van der Waals surface area (Å²) in [7, 11) is 0. The molecule has 1 atom stereocenters. The number of rotatable bonds is 3. The van der Waals surface area contributed by atoms with Crippen molar-refractivity contribution in [3.8, 4) is 11.5 Å². The van der Waals surface area contributed by atoms with Gasteiger partial charge in [-0.05, 0) is 37.6 Å². The quantitative estimate of drug-likeness (QED) is 0.797. The molecule has 0 saturated carbocycles. The van der Waals surface area contributed by atoms with E-state index in [2.05, 4.69) is 15.5 Å². The highest BCUT2D eigenvalue weighted by molar-refractivity contribution is 5.97. The predicted molar refractivity (Wildman–Crippen MR) is 85.0 cm³/mol. The first-order chi connectivity index (χ1) is 11.6. The van der Waals surface area contributed by atoms with E-state index in [-0.39, 0.29) is 18.7 Å². The second-order valence-electron chi connectivity index (χ2n) is 5.65. The van der Waals surface area contributed by atoms with Gasteiger partial charge in [-0.15, -0.1) is 0 Å². The Labute approximate surface area is 137 Å². The lowest BCUT2D eigenvalue weighted by atomic mass is 10.1. The zero-order valence-corrected chi connectivity index (χ0v) is 13.2. The Morgan fingerprint density at radius 1 is 1.25 bits per heavy atom. The Bertz CT molecular complexity index is 935. The fourth-order valence-corrected chi connectivity index (χ4v) is 2.61. The number of pyridine rings is 1. The Hall–Kier alpha value is -3.09. The first-order valence-electron chi connectivity index (χ1n) is 7.54. The number of benzene rings is 1. The SMILES string of the molecule is Cc1noc2ncc(C(=O)NC(C)c3ccc4c(c3)OCO4)cc12. The zero-order valence-electron chi connectivity index (χ0n) is 13.2. The van der Waals surface area contributed by atoms with E-state index >= 15 is 0 Å². The number of aryl methyl sites for hydroxylation is 1. The maximum atomic E-state index is 12.5. The van der Waals surface area contributed by atoms with E-state index in [0.717, 1.165) is 16.7 Å². The number of carbonyl (C=O) groups is 1. The molecule has 2 aromatic heterocycles. The van der Waals surface area contributed by atoms with Gasteiger partial charge in [-0.3, -0.25) is 4.79 Å². The molecule has 7 heteroatoms. The van der Waals surface area contributed by atoms with E-state index in [1.54, 1.807) is 6.07 Å². The summed E-state index contributed by atoms with van der Waals surface area (Å²) < 4.78 is 15.7. The van der Waals surface area contributed by atoms with Gasteiger partial charge in [0, 0.05) is 6.20 Å². The van der Waals surface area contributed by atoms with Crippen molar-refractivity contribution < 1.29 is 18.8 Å². The summed E-state index contributed by atoms with van der Waals surface area (Å²) >= 11 is 0. The van der Waals surface area contributed by atoms with E-state index in [4.69, 9.17) is 14.0 Å². The van der Waals surface area contributed by atoms with Gasteiger partial charge in [-0.2, -0.15) is 0 Å². The molecular weight excluding hydrogens is 310 g/mol. The van der Waals surface area contributed by atoms with Crippen LogP contribution in [0.25, 0.3) is 11.1 Å². The molecule has 1 N–H and O–H groups in total. The summed E-state index contributed by atoms with van der Waals surface area (Å²) in [4.78, 5) is 16.6. The van der Waals surface area contributed by atoms with Crippen LogP contribution in [0.4, 0.5) is 0 Å². The summed E-state index contributed by atoms with van der Waals surface area (Å²) in [5.74, 6) is 1.20. The van der Waals surface area contributed by atoms with Crippen molar-refractivity contribution in [1.82, 2.24) is 15.5 Å². The van der Waals surface area contributed by atoms with Crippen LogP contribution < -0.4 is 14.8 Å². The van der Waals surface area contributed by atoms with Crippen molar-refractivity contribution in [3.63, 3.8) is 0 Å². The number of fused-ring (bicyclic) bond motifs is 2. The van der Waals surface area contributed by atoms with Gasteiger partial charge in [0.25, 0.3) is 11.6 Å². The van der Waals surface area contributed by atoms with Gasteiger partial charge in [0.05, 0.1) is 22.7 Å². The van der Waals surface area contributed by atoms with E-state index in [1.807, 2.05) is 32.0 Å². The number of nitrogens with zero attached hydrogens (tertiary/aromatic N) is 2. The Kier molecular flexibility index (Phi) is 3.34. The van der Waals surface area contributed by atoms with Crippen LogP contribution in [0.2, 0.25) is 0 Å². The van der Waals surface area contributed by atoms with Crippen LogP contribution in [0.15, 0.2) is 35.0 Å². The standard InChI is InChI=1S/C17H15N3O4/c1-9(11-3-4-14-15(6-11)23-8-22-14)19-16(21)12-5-13-10(2)20-24-17(13)18-7-12/h3-7,9H,8H2,1-2H3,(H,19,21). The highest BCUT2D eigenvalue weighted by Crippen LogP contribution is 2.34. The topological polar surface area (TPSA) is 86.5 Å². The van der Waals surface area contributed by atoms with Crippen LogP contribution in [0.5, 0.6) is 11.5 Å². The number of hydrogen-bond donors (Lipinski definition) is 1. The third-order valence-corrected chi connectivity index (χ3v) is 4.02. The van der Waals surface area contributed by atoms with Crippen molar-refractivity contribution in [2.24, 2.45) is 0 Å². The van der Waals surface area contributed by atoms with E-state index < -0.39 is 0 Å². The lowest BCUT2D eigenvalue weighted by Crippen LogP contribution is -2.26. The first-order valence-corrected chi connectivity index (χ1v) is 7.54. The van der Waals surface area contributed by atoms with E-state index in [9.17, 15) is 4.79 Å². The second kappa shape index (κ2) is 5.52. The van der Waals surface area contributed by atoms with Gasteiger partial charge >= 0.3 is 0 Å². The Morgan fingerprint density at radius 2 is 2.08 bits per heavy atom. The molecule has 0 radical (unpaired) electrons. The maximum absolute atomic E-state index is 12.5. The number of hydrogen-bond acceptors (Lipinski definition) is 6. The second-order valence-corrected chi connectivity index (χ2v) is 5.65. The molecule has 4 rings (SSSR count). The monoisotopic (exact) mass is 325 g/mol. The molecule has 0 fully saturated rings. The normalized spacial score (nSPS) is 13.9. The molecule has 24 heavy (non-hydrogen) atoms. The molecule has 1 unspecified atom stereocenters. The van der Waals surface area contributed by atoms with Crippen molar-refractivity contribution in [2.75, 3.05) is 6.79 Å². The van der Waals surface area contributed by atoms with E-state index in [1.165, 1.54) is 6.20 Å². The number of nitrogens with one attached hydrogen (secondary N) is 1. The molecule has 1 aliphatic rings. The summed E-state index contributed by atoms with van der Waals surface area (Å²) in [6, 6.07) is 7.17.